The Hall–Kier alpha value is -1.52. The lowest BCUT2D eigenvalue weighted by Crippen LogP contribution is -2.18. The Kier molecular flexibility index (Phi) is 3.66. The lowest BCUT2D eigenvalue weighted by atomic mass is 10.3. The third-order valence-electron chi connectivity index (χ3n) is 2.09. The van der Waals surface area contributed by atoms with E-state index in [9.17, 15) is 4.79 Å². The van der Waals surface area contributed by atoms with E-state index in [0.717, 1.165) is 0 Å². The number of amides is 1. The number of nitrogens with one attached hydrogen (secondary N) is 1. The van der Waals surface area contributed by atoms with Crippen molar-refractivity contribution < 1.29 is 4.79 Å². The van der Waals surface area contributed by atoms with Crippen LogP contribution in [0.2, 0.25) is 10.3 Å². The molecule has 0 aliphatic carbocycles. The molecule has 1 amide bonds. The van der Waals surface area contributed by atoms with Gasteiger partial charge in [-0.1, -0.05) is 17.7 Å². The van der Waals surface area contributed by atoms with Crippen LogP contribution in [0.4, 0.5) is 5.69 Å². The summed E-state index contributed by atoms with van der Waals surface area (Å²) in [6.07, 6.45) is 3.18. The van der Waals surface area contributed by atoms with Crippen LogP contribution in [0, 0.1) is 0 Å². The fraction of sp³-hybridized carbons (Fsp3) is 0.0909. The van der Waals surface area contributed by atoms with Crippen LogP contribution < -0.4 is 5.32 Å². The van der Waals surface area contributed by atoms with Gasteiger partial charge < -0.3 is 9.88 Å². The molecule has 0 atom stereocenters. The molecule has 0 saturated heterocycles. The minimum absolute atomic E-state index is 0.116. The number of rotatable bonds is 3. The van der Waals surface area contributed by atoms with E-state index < -0.39 is 0 Å². The molecule has 0 aliphatic heterocycles. The van der Waals surface area contributed by atoms with Crippen LogP contribution in [-0.4, -0.2) is 15.5 Å². The van der Waals surface area contributed by atoms with Crippen LogP contribution in [0.25, 0.3) is 0 Å². The zero-order chi connectivity index (χ0) is 12.3. The Morgan fingerprint density at radius 1 is 1.41 bits per heavy atom. The van der Waals surface area contributed by atoms with Crippen LogP contribution in [0.3, 0.4) is 0 Å². The van der Waals surface area contributed by atoms with Gasteiger partial charge in [-0.05, 0) is 29.8 Å². The molecule has 0 bridgehead atoms. The second-order valence-electron chi connectivity index (χ2n) is 3.38. The van der Waals surface area contributed by atoms with Gasteiger partial charge in [0.1, 0.15) is 6.54 Å². The molecular weight excluding hydrogens is 261 g/mol. The number of hydrogen-bond donors (Lipinski definition) is 1. The topological polar surface area (TPSA) is 46.9 Å². The van der Waals surface area contributed by atoms with E-state index in [1.807, 2.05) is 0 Å². The highest BCUT2D eigenvalue weighted by Gasteiger charge is 2.06. The maximum absolute atomic E-state index is 11.7. The Bertz CT molecular complexity index is 539. The van der Waals surface area contributed by atoms with Gasteiger partial charge in [0, 0.05) is 23.1 Å². The van der Waals surface area contributed by atoms with Crippen molar-refractivity contribution in [3.8, 4) is 0 Å². The van der Waals surface area contributed by atoms with Gasteiger partial charge in [-0.2, -0.15) is 0 Å². The van der Waals surface area contributed by atoms with E-state index in [0.29, 0.717) is 10.7 Å². The Morgan fingerprint density at radius 2 is 2.24 bits per heavy atom. The minimum Gasteiger partial charge on any atom is -0.324 e. The van der Waals surface area contributed by atoms with Crippen molar-refractivity contribution in [1.82, 2.24) is 9.55 Å². The molecular formula is C11H9Cl2N3O. The molecule has 88 valence electrons. The predicted molar refractivity (Wildman–Crippen MR) is 67.3 cm³/mol. The van der Waals surface area contributed by atoms with E-state index in [1.54, 1.807) is 35.0 Å². The molecule has 1 aromatic heterocycles. The van der Waals surface area contributed by atoms with Crippen LogP contribution in [-0.2, 0) is 11.3 Å². The zero-order valence-electron chi connectivity index (χ0n) is 8.73. The van der Waals surface area contributed by atoms with E-state index in [-0.39, 0.29) is 17.7 Å². The Balaban J connectivity index is 2.01. The van der Waals surface area contributed by atoms with Crippen LogP contribution >= 0.6 is 23.2 Å². The van der Waals surface area contributed by atoms with Crippen molar-refractivity contribution in [1.29, 1.82) is 0 Å². The monoisotopic (exact) mass is 269 g/mol. The van der Waals surface area contributed by atoms with Gasteiger partial charge in [0.05, 0.1) is 0 Å². The molecule has 0 unspecified atom stereocenters. The molecule has 1 N–H and O–H groups in total. The van der Waals surface area contributed by atoms with Gasteiger partial charge in [0.2, 0.25) is 11.2 Å². The summed E-state index contributed by atoms with van der Waals surface area (Å²) >= 11 is 11.6. The highest BCUT2D eigenvalue weighted by atomic mass is 35.5. The molecule has 2 aromatic rings. The third-order valence-corrected chi connectivity index (χ3v) is 2.64. The van der Waals surface area contributed by atoms with Gasteiger partial charge in [-0.25, -0.2) is 4.98 Å². The number of aromatic nitrogens is 2. The SMILES string of the molecule is O=C(Cn1ccnc1Cl)Nc1cccc(Cl)c1. The van der Waals surface area contributed by atoms with Crippen LogP contribution in [0.5, 0.6) is 0 Å². The summed E-state index contributed by atoms with van der Waals surface area (Å²) in [6, 6.07) is 6.94. The van der Waals surface area contributed by atoms with Crippen LogP contribution in [0.1, 0.15) is 0 Å². The largest absolute Gasteiger partial charge is 0.324 e. The van der Waals surface area contributed by atoms with Crippen molar-refractivity contribution in [3.63, 3.8) is 0 Å². The standard InChI is InChI=1S/C11H9Cl2N3O/c12-8-2-1-3-9(6-8)15-10(17)7-16-5-4-14-11(16)13/h1-6H,7H2,(H,15,17). The van der Waals surface area contributed by atoms with Crippen molar-refractivity contribution >= 4 is 34.8 Å². The highest BCUT2D eigenvalue weighted by Crippen LogP contribution is 2.15. The smallest absolute Gasteiger partial charge is 0.244 e. The molecule has 0 saturated carbocycles. The van der Waals surface area contributed by atoms with E-state index >= 15 is 0 Å². The number of hydrogen-bond acceptors (Lipinski definition) is 2. The summed E-state index contributed by atoms with van der Waals surface area (Å²) in [5.41, 5.74) is 0.652. The molecule has 0 fully saturated rings. The number of halogens is 2. The molecule has 2 rings (SSSR count). The highest BCUT2D eigenvalue weighted by molar-refractivity contribution is 6.31. The fourth-order valence-corrected chi connectivity index (χ4v) is 1.71. The number of imidazole rings is 1. The summed E-state index contributed by atoms with van der Waals surface area (Å²) in [6.45, 7) is 0.116. The first-order valence-corrected chi connectivity index (χ1v) is 5.63. The quantitative estimate of drug-likeness (QED) is 0.932. The molecule has 1 heterocycles. The first-order chi connectivity index (χ1) is 8.15. The normalized spacial score (nSPS) is 10.2. The van der Waals surface area contributed by atoms with E-state index in [1.165, 1.54) is 6.20 Å². The maximum atomic E-state index is 11.7. The third kappa shape index (κ3) is 3.22. The molecule has 0 spiro atoms. The average Bonchev–Trinajstić information content (AvgIpc) is 2.64. The fourth-order valence-electron chi connectivity index (χ4n) is 1.35. The molecule has 6 heteroatoms. The van der Waals surface area contributed by atoms with E-state index in [4.69, 9.17) is 23.2 Å². The van der Waals surface area contributed by atoms with Gasteiger partial charge in [-0.15, -0.1) is 0 Å². The summed E-state index contributed by atoms with van der Waals surface area (Å²) < 4.78 is 1.54. The average molecular weight is 270 g/mol. The van der Waals surface area contributed by atoms with Gasteiger partial charge >= 0.3 is 0 Å². The van der Waals surface area contributed by atoms with Crippen molar-refractivity contribution in [3.05, 3.63) is 47.0 Å². The molecule has 4 nitrogen and oxygen atoms in total. The van der Waals surface area contributed by atoms with Crippen molar-refractivity contribution in [2.24, 2.45) is 0 Å². The number of nitrogens with zero attached hydrogens (tertiary/aromatic N) is 2. The number of carbonyl (C=O) groups is 1. The second-order valence-corrected chi connectivity index (χ2v) is 4.16. The predicted octanol–water partition coefficient (Wildman–Crippen LogP) is 2.83. The minimum atomic E-state index is -0.188. The van der Waals surface area contributed by atoms with Gasteiger partial charge in [0.15, 0.2) is 0 Å². The Morgan fingerprint density at radius 3 is 2.88 bits per heavy atom. The summed E-state index contributed by atoms with van der Waals surface area (Å²) in [5, 5.41) is 3.57. The van der Waals surface area contributed by atoms with E-state index in [2.05, 4.69) is 10.3 Å². The van der Waals surface area contributed by atoms with Gasteiger partial charge in [-0.3, -0.25) is 4.79 Å². The Labute approximate surface area is 108 Å². The lowest BCUT2D eigenvalue weighted by molar-refractivity contribution is -0.116. The maximum Gasteiger partial charge on any atom is 0.244 e. The zero-order valence-corrected chi connectivity index (χ0v) is 10.2. The number of anilines is 1. The number of benzene rings is 1. The van der Waals surface area contributed by atoms with Crippen molar-refractivity contribution in [2.45, 2.75) is 6.54 Å². The summed E-state index contributed by atoms with van der Waals surface area (Å²) in [4.78, 5) is 15.5. The number of carbonyl (C=O) groups excluding carboxylic acids is 1. The first kappa shape index (κ1) is 12.0. The summed E-state index contributed by atoms with van der Waals surface area (Å²) in [7, 11) is 0. The molecule has 17 heavy (non-hydrogen) atoms. The summed E-state index contributed by atoms with van der Waals surface area (Å²) in [5.74, 6) is -0.188. The van der Waals surface area contributed by atoms with Crippen molar-refractivity contribution in [2.75, 3.05) is 5.32 Å². The molecule has 0 aliphatic rings. The second kappa shape index (κ2) is 5.21. The van der Waals surface area contributed by atoms with Crippen LogP contribution in [0.15, 0.2) is 36.7 Å². The lowest BCUT2D eigenvalue weighted by Gasteiger charge is -2.06. The molecule has 1 aromatic carbocycles. The molecule has 0 radical (unpaired) electrons. The first-order valence-electron chi connectivity index (χ1n) is 4.87. The van der Waals surface area contributed by atoms with Gasteiger partial charge in [0.25, 0.3) is 0 Å².